The van der Waals surface area contributed by atoms with Crippen molar-refractivity contribution >= 4 is 65.4 Å². The van der Waals surface area contributed by atoms with E-state index in [-0.39, 0.29) is 5.41 Å². The second-order valence-corrected chi connectivity index (χ2v) is 16.9. The van der Waals surface area contributed by atoms with Gasteiger partial charge in [0.2, 0.25) is 5.95 Å². The van der Waals surface area contributed by atoms with E-state index < -0.39 is 0 Å². The third-order valence-electron chi connectivity index (χ3n) is 13.2. The number of hydrogen-bond acceptors (Lipinski definition) is 3. The van der Waals surface area contributed by atoms with Crippen molar-refractivity contribution in [2.24, 2.45) is 0 Å². The SMILES string of the molecule is CC1(C)c2ccccc2-c2ccc(-c3nc(-n4c5ccccc5c5c6cc(-c7ccc(-c8cccc9c8oc8ccccc89)cc7)ccc6ccc54)nc4ccccc34)cc21. The van der Waals surface area contributed by atoms with Crippen LogP contribution in [0.5, 0.6) is 0 Å². The number of hydrogen-bond donors (Lipinski definition) is 0. The molecule has 286 valence electrons. The monoisotopic (exact) mass is 779 g/mol. The Bertz CT molecular complexity index is 3790. The number of furan rings is 1. The lowest BCUT2D eigenvalue weighted by Gasteiger charge is -2.22. The largest absolute Gasteiger partial charge is 0.455 e. The van der Waals surface area contributed by atoms with E-state index >= 15 is 0 Å². The van der Waals surface area contributed by atoms with E-state index in [1.807, 2.05) is 12.1 Å². The quantitative estimate of drug-likeness (QED) is 0.179. The highest BCUT2D eigenvalue weighted by Crippen LogP contribution is 2.50. The Morgan fingerprint density at radius 2 is 1.11 bits per heavy atom. The van der Waals surface area contributed by atoms with Crippen LogP contribution in [0.25, 0.3) is 116 Å². The van der Waals surface area contributed by atoms with Crippen molar-refractivity contribution in [1.29, 1.82) is 0 Å². The fraction of sp³-hybridized carbons (Fsp3) is 0.0526. The molecule has 0 radical (unpaired) electrons. The first-order chi connectivity index (χ1) is 30.0. The molecule has 0 amide bonds. The van der Waals surface area contributed by atoms with Gasteiger partial charge in [0.25, 0.3) is 0 Å². The van der Waals surface area contributed by atoms with E-state index in [1.165, 1.54) is 43.8 Å². The predicted molar refractivity (Wildman–Crippen MR) is 253 cm³/mol. The molecule has 0 aliphatic heterocycles. The fourth-order valence-electron chi connectivity index (χ4n) is 10.2. The molecule has 4 heteroatoms. The number of nitrogens with zero attached hydrogens (tertiary/aromatic N) is 3. The van der Waals surface area contributed by atoms with Crippen molar-refractivity contribution in [2.45, 2.75) is 19.3 Å². The third kappa shape index (κ3) is 4.93. The maximum atomic E-state index is 6.38. The number of rotatable bonds is 4. The van der Waals surface area contributed by atoms with Crippen LogP contribution in [0.4, 0.5) is 0 Å². The second kappa shape index (κ2) is 12.6. The van der Waals surface area contributed by atoms with E-state index in [1.54, 1.807) is 0 Å². The molecule has 3 heterocycles. The topological polar surface area (TPSA) is 43.9 Å². The highest BCUT2D eigenvalue weighted by atomic mass is 16.3. The van der Waals surface area contributed by atoms with Gasteiger partial charge in [0.05, 0.1) is 22.2 Å². The van der Waals surface area contributed by atoms with Gasteiger partial charge < -0.3 is 4.42 Å². The summed E-state index contributed by atoms with van der Waals surface area (Å²) in [6, 6.07) is 67.6. The van der Waals surface area contributed by atoms with Crippen molar-refractivity contribution < 1.29 is 4.42 Å². The summed E-state index contributed by atoms with van der Waals surface area (Å²) in [5.41, 5.74) is 16.7. The van der Waals surface area contributed by atoms with Crippen molar-refractivity contribution in [2.75, 3.05) is 0 Å². The summed E-state index contributed by atoms with van der Waals surface area (Å²) in [5, 5.41) is 8.07. The lowest BCUT2D eigenvalue weighted by molar-refractivity contribution is 0.660. The molecule has 1 aliphatic carbocycles. The Hall–Kier alpha value is -7.82. The highest BCUT2D eigenvalue weighted by molar-refractivity contribution is 6.22. The maximum absolute atomic E-state index is 6.38. The summed E-state index contributed by atoms with van der Waals surface area (Å²) in [7, 11) is 0. The Morgan fingerprint density at radius 3 is 2.02 bits per heavy atom. The van der Waals surface area contributed by atoms with Crippen LogP contribution in [0.15, 0.2) is 192 Å². The summed E-state index contributed by atoms with van der Waals surface area (Å²) >= 11 is 0. The van der Waals surface area contributed by atoms with Gasteiger partial charge >= 0.3 is 0 Å². The minimum absolute atomic E-state index is 0.119. The Balaban J connectivity index is 0.959. The molecule has 12 aromatic rings. The average Bonchev–Trinajstić information content (AvgIpc) is 3.94. The number of benzene rings is 9. The first kappa shape index (κ1) is 34.1. The van der Waals surface area contributed by atoms with Gasteiger partial charge in [-0.3, -0.25) is 4.57 Å². The summed E-state index contributed by atoms with van der Waals surface area (Å²) in [6.07, 6.45) is 0. The van der Waals surface area contributed by atoms with Crippen LogP contribution in [0, 0.1) is 0 Å². The predicted octanol–water partition coefficient (Wildman–Crippen LogP) is 15.1. The van der Waals surface area contributed by atoms with Gasteiger partial charge in [-0.15, -0.1) is 0 Å². The first-order valence-electron chi connectivity index (χ1n) is 21.0. The van der Waals surface area contributed by atoms with Gasteiger partial charge in [0.1, 0.15) is 11.2 Å². The molecular formula is C57H37N3O. The number of fused-ring (bicyclic) bond motifs is 12. The van der Waals surface area contributed by atoms with Gasteiger partial charge in [-0.25, -0.2) is 9.97 Å². The number of aromatic nitrogens is 3. The molecular weight excluding hydrogens is 743 g/mol. The summed E-state index contributed by atoms with van der Waals surface area (Å²) in [5.74, 6) is 0.661. The minimum Gasteiger partial charge on any atom is -0.455 e. The molecule has 13 rings (SSSR count). The van der Waals surface area contributed by atoms with Crippen LogP contribution >= 0.6 is 0 Å². The fourth-order valence-corrected chi connectivity index (χ4v) is 10.2. The molecule has 0 spiro atoms. The van der Waals surface area contributed by atoms with Gasteiger partial charge in [-0.2, -0.15) is 0 Å². The summed E-state index contributed by atoms with van der Waals surface area (Å²) in [6.45, 7) is 4.66. The van der Waals surface area contributed by atoms with Gasteiger partial charge in [-0.1, -0.05) is 166 Å². The van der Waals surface area contributed by atoms with E-state index in [0.29, 0.717) is 5.95 Å². The second-order valence-electron chi connectivity index (χ2n) is 16.9. The third-order valence-corrected chi connectivity index (χ3v) is 13.2. The van der Waals surface area contributed by atoms with Crippen molar-refractivity contribution in [3.63, 3.8) is 0 Å². The van der Waals surface area contributed by atoms with E-state index in [0.717, 1.165) is 77.4 Å². The molecule has 0 atom stereocenters. The average molecular weight is 780 g/mol. The molecule has 0 bridgehead atoms. The smallest absolute Gasteiger partial charge is 0.235 e. The van der Waals surface area contributed by atoms with Crippen molar-refractivity contribution in [3.8, 4) is 50.6 Å². The van der Waals surface area contributed by atoms with Gasteiger partial charge in [0.15, 0.2) is 0 Å². The first-order valence-corrected chi connectivity index (χ1v) is 21.0. The number of para-hydroxylation sites is 4. The lowest BCUT2D eigenvalue weighted by Crippen LogP contribution is -2.15. The lowest BCUT2D eigenvalue weighted by atomic mass is 9.82. The summed E-state index contributed by atoms with van der Waals surface area (Å²) in [4.78, 5) is 10.8. The van der Waals surface area contributed by atoms with Crippen LogP contribution in [-0.2, 0) is 5.41 Å². The van der Waals surface area contributed by atoms with Crippen LogP contribution in [-0.4, -0.2) is 14.5 Å². The highest BCUT2D eigenvalue weighted by Gasteiger charge is 2.35. The molecule has 0 fully saturated rings. The molecule has 0 unspecified atom stereocenters. The molecule has 9 aromatic carbocycles. The van der Waals surface area contributed by atoms with Crippen LogP contribution in [0.3, 0.4) is 0 Å². The van der Waals surface area contributed by atoms with E-state index in [4.69, 9.17) is 14.4 Å². The minimum atomic E-state index is -0.119. The Kier molecular flexibility index (Phi) is 7.04. The standard InChI is InChI=1S/C57H37N3O/c1-57(2)47-18-7-3-12-40(47)41-30-28-38(33-48(41)57)54-44-14-4-8-19-49(44)58-56(59-54)60-50-20-9-5-15-45(50)53-46-32-37(27-26-36(46)29-31-51(53)60)34-22-24-35(25-23-34)39-16-11-17-43-42-13-6-10-21-52(42)61-55(39)43/h3-33H,1-2H3. The zero-order valence-corrected chi connectivity index (χ0v) is 33.6. The van der Waals surface area contributed by atoms with Crippen molar-refractivity contribution in [1.82, 2.24) is 14.5 Å². The Morgan fingerprint density at radius 1 is 0.443 bits per heavy atom. The van der Waals surface area contributed by atoms with Crippen LogP contribution in [0.2, 0.25) is 0 Å². The van der Waals surface area contributed by atoms with Gasteiger partial charge in [0, 0.05) is 43.5 Å². The summed E-state index contributed by atoms with van der Waals surface area (Å²) < 4.78 is 8.64. The van der Waals surface area contributed by atoms with E-state index in [2.05, 4.69) is 194 Å². The zero-order valence-electron chi connectivity index (χ0n) is 33.6. The molecule has 0 saturated carbocycles. The molecule has 61 heavy (non-hydrogen) atoms. The maximum Gasteiger partial charge on any atom is 0.235 e. The van der Waals surface area contributed by atoms with Crippen LogP contribution < -0.4 is 0 Å². The molecule has 3 aromatic heterocycles. The van der Waals surface area contributed by atoms with Gasteiger partial charge in [-0.05, 0) is 86.1 Å². The van der Waals surface area contributed by atoms with Crippen LogP contribution in [0.1, 0.15) is 25.0 Å². The molecule has 4 nitrogen and oxygen atoms in total. The molecule has 0 saturated heterocycles. The van der Waals surface area contributed by atoms with Crippen molar-refractivity contribution in [3.05, 3.63) is 199 Å². The molecule has 1 aliphatic rings. The Labute approximate surface area is 352 Å². The normalized spacial score (nSPS) is 13.2. The molecule has 0 N–H and O–H groups in total. The zero-order chi connectivity index (χ0) is 40.4. The van der Waals surface area contributed by atoms with E-state index in [9.17, 15) is 0 Å².